The first kappa shape index (κ1) is 25.0. The van der Waals surface area contributed by atoms with Crippen LogP contribution in [0.5, 0.6) is 0 Å². The number of carbonyl (C=O) groups excluding carboxylic acids is 2. The van der Waals surface area contributed by atoms with Gasteiger partial charge in [0.05, 0.1) is 17.4 Å². The predicted molar refractivity (Wildman–Crippen MR) is 114 cm³/mol. The Balaban J connectivity index is 0.00000420. The van der Waals surface area contributed by atoms with Crippen molar-refractivity contribution in [3.05, 3.63) is 41.2 Å². The van der Waals surface area contributed by atoms with E-state index in [4.69, 9.17) is 9.47 Å². The van der Waals surface area contributed by atoms with Crippen molar-refractivity contribution in [2.75, 3.05) is 4.72 Å². The maximum Gasteiger partial charge on any atom is 0.335 e. The number of carbonyl (C=O) groups is 2. The van der Waals surface area contributed by atoms with Crippen LogP contribution in [0.4, 0.5) is 10.1 Å². The Bertz CT molecular complexity index is 889. The van der Waals surface area contributed by atoms with Gasteiger partial charge < -0.3 is 9.47 Å². The molecule has 0 radical (unpaired) electrons. The number of hydrogen-bond donors (Lipinski definition) is 1. The van der Waals surface area contributed by atoms with Crippen LogP contribution in [0, 0.1) is 5.82 Å². The smallest absolute Gasteiger partial charge is 0.335 e. The Kier molecular flexibility index (Phi) is 9.15. The standard InChI is InChI=1S/C19H24FNO6S.H2S.H2/c1-12(2)27-19(23)15-6-4-5-7-18(15)28(24,25)21-17-9-8-14(10-16(17)20)11-26-13(3)22;;/h6,8-10,12,18,21H,4-5,7,11H2,1-3H3;1H2;1H. The molecule has 1 aromatic rings. The minimum atomic E-state index is -4.07. The summed E-state index contributed by atoms with van der Waals surface area (Å²) in [5.41, 5.74) is 0.211. The normalized spacial score (nSPS) is 16.4. The summed E-state index contributed by atoms with van der Waals surface area (Å²) in [5.74, 6) is -1.99. The molecule has 0 saturated carbocycles. The molecule has 1 atom stereocenters. The van der Waals surface area contributed by atoms with Crippen molar-refractivity contribution >= 4 is 41.1 Å². The van der Waals surface area contributed by atoms with Gasteiger partial charge in [-0.3, -0.25) is 9.52 Å². The summed E-state index contributed by atoms with van der Waals surface area (Å²) in [6.45, 7) is 4.47. The summed E-state index contributed by atoms with van der Waals surface area (Å²) in [6, 6.07) is 3.80. The lowest BCUT2D eigenvalue weighted by Crippen LogP contribution is -2.35. The van der Waals surface area contributed by atoms with Gasteiger partial charge in [-0.15, -0.1) is 0 Å². The number of ether oxygens (including phenoxy) is 2. The van der Waals surface area contributed by atoms with E-state index in [0.29, 0.717) is 18.4 Å². The molecule has 1 unspecified atom stereocenters. The molecule has 164 valence electrons. The lowest BCUT2D eigenvalue weighted by atomic mass is 9.99. The Labute approximate surface area is 178 Å². The average Bonchev–Trinajstić information content (AvgIpc) is 2.61. The van der Waals surface area contributed by atoms with Gasteiger partial charge in [-0.2, -0.15) is 13.5 Å². The molecule has 1 aromatic carbocycles. The van der Waals surface area contributed by atoms with Gasteiger partial charge in [-0.25, -0.2) is 17.6 Å². The van der Waals surface area contributed by atoms with E-state index in [9.17, 15) is 22.4 Å². The quantitative estimate of drug-likeness (QED) is 0.641. The van der Waals surface area contributed by atoms with E-state index in [2.05, 4.69) is 4.72 Å². The molecule has 2 rings (SSSR count). The van der Waals surface area contributed by atoms with Crippen LogP contribution in [0.15, 0.2) is 29.8 Å². The van der Waals surface area contributed by atoms with Gasteiger partial charge in [0.15, 0.2) is 0 Å². The van der Waals surface area contributed by atoms with Gasteiger partial charge in [0, 0.05) is 8.35 Å². The third-order valence-electron chi connectivity index (χ3n) is 4.06. The van der Waals surface area contributed by atoms with Crippen LogP contribution in [0.1, 0.15) is 47.0 Å². The monoisotopic (exact) mass is 449 g/mol. The highest BCUT2D eigenvalue weighted by molar-refractivity contribution is 7.93. The summed E-state index contributed by atoms with van der Waals surface area (Å²) in [7, 11) is -4.07. The number of halogens is 1. The summed E-state index contributed by atoms with van der Waals surface area (Å²) in [5, 5.41) is -1.12. The van der Waals surface area contributed by atoms with Crippen molar-refractivity contribution < 1.29 is 33.3 Å². The number of sulfonamides is 1. The zero-order valence-electron chi connectivity index (χ0n) is 16.5. The Morgan fingerprint density at radius 2 is 2.03 bits per heavy atom. The molecule has 29 heavy (non-hydrogen) atoms. The number of anilines is 1. The first-order valence-electron chi connectivity index (χ1n) is 8.94. The highest BCUT2D eigenvalue weighted by Crippen LogP contribution is 2.28. The second-order valence-corrected chi connectivity index (χ2v) is 8.64. The van der Waals surface area contributed by atoms with Crippen LogP contribution in [0.3, 0.4) is 0 Å². The highest BCUT2D eigenvalue weighted by atomic mass is 32.2. The lowest BCUT2D eigenvalue weighted by Gasteiger charge is -2.24. The zero-order valence-corrected chi connectivity index (χ0v) is 18.3. The molecular weight excluding hydrogens is 421 g/mol. The summed E-state index contributed by atoms with van der Waals surface area (Å²) in [6.07, 6.45) is 2.59. The second-order valence-electron chi connectivity index (χ2n) is 6.77. The minimum Gasteiger partial charge on any atom is -0.461 e. The van der Waals surface area contributed by atoms with Gasteiger partial charge in [0.1, 0.15) is 17.7 Å². The zero-order chi connectivity index (χ0) is 20.9. The van der Waals surface area contributed by atoms with Crippen LogP contribution in [0.2, 0.25) is 0 Å². The largest absolute Gasteiger partial charge is 0.461 e. The minimum absolute atomic E-state index is 0. The molecule has 0 aliphatic heterocycles. The maximum atomic E-state index is 14.3. The maximum absolute atomic E-state index is 14.3. The second kappa shape index (κ2) is 10.6. The molecule has 0 bridgehead atoms. The first-order chi connectivity index (χ1) is 13.1. The van der Waals surface area contributed by atoms with Gasteiger partial charge in [0.2, 0.25) is 10.0 Å². The Morgan fingerprint density at radius 3 is 2.62 bits per heavy atom. The lowest BCUT2D eigenvalue weighted by molar-refractivity contribution is -0.143. The van der Waals surface area contributed by atoms with Crippen molar-refractivity contribution in [3.63, 3.8) is 0 Å². The van der Waals surface area contributed by atoms with Crippen molar-refractivity contribution in [1.82, 2.24) is 0 Å². The van der Waals surface area contributed by atoms with Crippen LogP contribution < -0.4 is 4.72 Å². The van der Waals surface area contributed by atoms with E-state index >= 15 is 0 Å². The number of allylic oxidation sites excluding steroid dienone is 1. The van der Waals surface area contributed by atoms with E-state index < -0.39 is 33.0 Å². The number of esters is 2. The predicted octanol–water partition coefficient (Wildman–Crippen LogP) is 3.42. The van der Waals surface area contributed by atoms with E-state index in [0.717, 1.165) is 6.07 Å². The molecule has 0 amide bonds. The van der Waals surface area contributed by atoms with E-state index in [1.807, 2.05) is 0 Å². The molecule has 7 nitrogen and oxygen atoms in total. The Hall–Kier alpha value is -2.07. The molecule has 10 heteroatoms. The fraction of sp³-hybridized carbons (Fsp3) is 0.474. The molecule has 1 aliphatic carbocycles. The van der Waals surface area contributed by atoms with E-state index in [1.165, 1.54) is 19.1 Å². The topological polar surface area (TPSA) is 98.8 Å². The first-order valence-corrected chi connectivity index (χ1v) is 10.5. The Morgan fingerprint density at radius 1 is 1.34 bits per heavy atom. The number of benzene rings is 1. The number of rotatable bonds is 7. The molecule has 1 aliphatic rings. The molecule has 1 N–H and O–H groups in total. The van der Waals surface area contributed by atoms with Gasteiger partial charge >= 0.3 is 11.9 Å². The van der Waals surface area contributed by atoms with Gasteiger partial charge in [0.25, 0.3) is 0 Å². The summed E-state index contributed by atoms with van der Waals surface area (Å²) < 4.78 is 52.1. The van der Waals surface area contributed by atoms with Crippen LogP contribution in [0.25, 0.3) is 0 Å². The number of hydrogen-bond acceptors (Lipinski definition) is 6. The van der Waals surface area contributed by atoms with Crippen molar-refractivity contribution in [2.45, 2.75) is 58.0 Å². The van der Waals surface area contributed by atoms with Crippen molar-refractivity contribution in [1.29, 1.82) is 0 Å². The molecule has 0 aromatic heterocycles. The molecule has 0 spiro atoms. The summed E-state index contributed by atoms with van der Waals surface area (Å²) >= 11 is 0. The molecule has 0 saturated heterocycles. The van der Waals surface area contributed by atoms with E-state index in [-0.39, 0.29) is 45.3 Å². The third kappa shape index (κ3) is 7.04. The SMILES string of the molecule is CC(=O)OCc1ccc(NS(=O)(=O)C2CCCC=C2C(=O)OC(C)C)c(F)c1.S.[HH]. The van der Waals surface area contributed by atoms with Crippen LogP contribution >= 0.6 is 13.5 Å². The van der Waals surface area contributed by atoms with Crippen molar-refractivity contribution in [2.24, 2.45) is 0 Å². The summed E-state index contributed by atoms with van der Waals surface area (Å²) in [4.78, 5) is 23.1. The molecular formula is C19H28FNO6S2. The van der Waals surface area contributed by atoms with Crippen molar-refractivity contribution in [3.8, 4) is 0 Å². The molecule has 0 heterocycles. The highest BCUT2D eigenvalue weighted by Gasteiger charge is 2.35. The van der Waals surface area contributed by atoms with E-state index in [1.54, 1.807) is 19.9 Å². The third-order valence-corrected chi connectivity index (χ3v) is 5.81. The number of nitrogens with one attached hydrogen (secondary N) is 1. The average molecular weight is 450 g/mol. The van der Waals surface area contributed by atoms with Gasteiger partial charge in [-0.1, -0.05) is 12.1 Å². The molecule has 0 fully saturated rings. The van der Waals surface area contributed by atoms with Crippen LogP contribution in [-0.4, -0.2) is 31.7 Å². The fourth-order valence-corrected chi connectivity index (χ4v) is 4.43. The van der Waals surface area contributed by atoms with Crippen LogP contribution in [-0.2, 0) is 35.7 Å². The fourth-order valence-electron chi connectivity index (χ4n) is 2.81. The van der Waals surface area contributed by atoms with Gasteiger partial charge in [-0.05, 0) is 50.8 Å².